The van der Waals surface area contributed by atoms with Crippen LogP contribution in [0.25, 0.3) is 21.9 Å². The lowest BCUT2D eigenvalue weighted by Crippen LogP contribution is -2.16. The minimum atomic E-state index is -0.389. The number of anilines is 1. The highest BCUT2D eigenvalue weighted by Crippen LogP contribution is 2.30. The van der Waals surface area contributed by atoms with Gasteiger partial charge in [0.2, 0.25) is 0 Å². The molecule has 0 saturated heterocycles. The van der Waals surface area contributed by atoms with Gasteiger partial charge in [0.25, 0.3) is 0 Å². The van der Waals surface area contributed by atoms with E-state index in [0.717, 1.165) is 54.6 Å². The molecule has 0 fully saturated rings. The predicted octanol–water partition coefficient (Wildman–Crippen LogP) is 3.54. The number of carbonyl (C=O) groups is 1. The molecule has 0 bridgehead atoms. The summed E-state index contributed by atoms with van der Waals surface area (Å²) in [6.45, 7) is 7.79. The molecule has 0 aliphatic heterocycles. The van der Waals surface area contributed by atoms with Crippen LogP contribution in [0.2, 0.25) is 0 Å². The lowest BCUT2D eigenvalue weighted by Gasteiger charge is -2.11. The molecule has 0 amide bonds. The van der Waals surface area contributed by atoms with Crippen molar-refractivity contribution in [3.63, 3.8) is 0 Å². The summed E-state index contributed by atoms with van der Waals surface area (Å²) in [6, 6.07) is 5.38. The number of unbranched alkanes of at least 4 members (excludes halogenated alkanes) is 1. The minimum absolute atomic E-state index is 0.385. The first-order chi connectivity index (χ1) is 13.6. The molecular formula is C21H31N5O2. The Hall–Kier alpha value is -2.67. The number of aromatic nitrogens is 3. The quantitative estimate of drug-likeness (QED) is 0.604. The molecule has 0 saturated carbocycles. The number of benzene rings is 1. The minimum Gasteiger partial charge on any atom is -0.465 e. The molecule has 0 radical (unpaired) electrons. The van der Waals surface area contributed by atoms with Gasteiger partial charge in [-0.2, -0.15) is 0 Å². The summed E-state index contributed by atoms with van der Waals surface area (Å²) in [7, 11) is 3.30. The number of pyridine rings is 1. The van der Waals surface area contributed by atoms with Crippen molar-refractivity contribution in [2.45, 2.75) is 46.6 Å². The van der Waals surface area contributed by atoms with E-state index in [-0.39, 0.29) is 5.97 Å². The first-order valence-electron chi connectivity index (χ1n) is 9.92. The Morgan fingerprint density at radius 2 is 2.04 bits per heavy atom. The van der Waals surface area contributed by atoms with E-state index in [2.05, 4.69) is 21.8 Å². The lowest BCUT2D eigenvalue weighted by molar-refractivity contribution is 0.0601. The maximum Gasteiger partial charge on any atom is 0.337 e. The molecule has 0 aliphatic carbocycles. The summed E-state index contributed by atoms with van der Waals surface area (Å²) in [5, 5.41) is 4.13. The Balaban J connectivity index is 0.00000136. The lowest BCUT2D eigenvalue weighted by atomic mass is 10.1. The zero-order valence-corrected chi connectivity index (χ0v) is 17.5. The second kappa shape index (κ2) is 10.0. The first-order valence-corrected chi connectivity index (χ1v) is 9.92. The molecular weight excluding hydrogens is 354 g/mol. The van der Waals surface area contributed by atoms with E-state index in [1.165, 1.54) is 7.11 Å². The number of carbonyl (C=O) groups excluding carboxylic acids is 1. The molecule has 0 atom stereocenters. The molecule has 28 heavy (non-hydrogen) atoms. The maximum atomic E-state index is 11.8. The van der Waals surface area contributed by atoms with E-state index in [4.69, 9.17) is 15.5 Å². The van der Waals surface area contributed by atoms with Gasteiger partial charge in [0.15, 0.2) is 5.82 Å². The molecule has 1 aromatic carbocycles. The Morgan fingerprint density at radius 3 is 2.68 bits per heavy atom. The average molecular weight is 386 g/mol. The molecule has 152 valence electrons. The van der Waals surface area contributed by atoms with Crippen molar-refractivity contribution in [2.24, 2.45) is 0 Å². The summed E-state index contributed by atoms with van der Waals surface area (Å²) in [6.07, 6.45) is 3.07. The van der Waals surface area contributed by atoms with Gasteiger partial charge in [-0.1, -0.05) is 27.2 Å². The second-order valence-corrected chi connectivity index (χ2v) is 6.30. The molecule has 7 heteroatoms. The Labute approximate surface area is 166 Å². The summed E-state index contributed by atoms with van der Waals surface area (Å²) in [5.41, 5.74) is 9.04. The normalized spacial score (nSPS) is 10.8. The van der Waals surface area contributed by atoms with Crippen molar-refractivity contribution in [2.75, 3.05) is 26.4 Å². The van der Waals surface area contributed by atoms with Crippen LogP contribution in [0.1, 0.15) is 49.8 Å². The van der Waals surface area contributed by atoms with Gasteiger partial charge >= 0.3 is 5.97 Å². The molecule has 7 nitrogen and oxygen atoms in total. The van der Waals surface area contributed by atoms with E-state index >= 15 is 0 Å². The number of methoxy groups -OCH3 is 1. The summed E-state index contributed by atoms with van der Waals surface area (Å²) in [4.78, 5) is 21.1. The van der Waals surface area contributed by atoms with E-state index in [1.807, 2.05) is 27.0 Å². The number of nitrogen functional groups attached to an aromatic ring is 1. The number of hydrogen-bond donors (Lipinski definition) is 2. The zero-order valence-electron chi connectivity index (χ0n) is 17.5. The van der Waals surface area contributed by atoms with Crippen LogP contribution in [0.3, 0.4) is 0 Å². The van der Waals surface area contributed by atoms with Crippen LogP contribution in [0.5, 0.6) is 0 Å². The summed E-state index contributed by atoms with van der Waals surface area (Å²) >= 11 is 0. The number of aryl methyl sites for hydroxylation is 1. The molecule has 0 unspecified atom stereocenters. The topological polar surface area (TPSA) is 95.1 Å². The fourth-order valence-electron chi connectivity index (χ4n) is 3.19. The Bertz CT molecular complexity index is 949. The third-order valence-corrected chi connectivity index (χ3v) is 4.54. The molecule has 0 spiro atoms. The molecule has 0 aliphatic rings. The summed E-state index contributed by atoms with van der Waals surface area (Å²) < 4.78 is 7.03. The highest BCUT2D eigenvalue weighted by Gasteiger charge is 2.18. The maximum absolute atomic E-state index is 11.8. The van der Waals surface area contributed by atoms with Gasteiger partial charge in [-0.15, -0.1) is 0 Å². The van der Waals surface area contributed by atoms with Gasteiger partial charge in [-0.25, -0.2) is 14.8 Å². The van der Waals surface area contributed by atoms with Crippen LogP contribution >= 0.6 is 0 Å². The largest absolute Gasteiger partial charge is 0.465 e. The number of nitrogens with zero attached hydrogens (tertiary/aromatic N) is 3. The third kappa shape index (κ3) is 4.25. The van der Waals surface area contributed by atoms with Crippen molar-refractivity contribution >= 4 is 33.7 Å². The number of imidazole rings is 1. The fourth-order valence-corrected chi connectivity index (χ4v) is 3.19. The van der Waals surface area contributed by atoms with Crippen LogP contribution in [0.15, 0.2) is 18.2 Å². The number of hydrogen-bond acceptors (Lipinski definition) is 6. The third-order valence-electron chi connectivity index (χ3n) is 4.54. The number of nitrogens with one attached hydrogen (secondary N) is 1. The van der Waals surface area contributed by atoms with E-state index in [9.17, 15) is 4.79 Å². The van der Waals surface area contributed by atoms with E-state index < -0.39 is 0 Å². The zero-order chi connectivity index (χ0) is 20.7. The van der Waals surface area contributed by atoms with Gasteiger partial charge in [-0.3, -0.25) is 0 Å². The van der Waals surface area contributed by atoms with Crippen molar-refractivity contribution in [1.29, 1.82) is 0 Å². The second-order valence-electron chi connectivity index (χ2n) is 6.30. The number of esters is 1. The standard InChI is InChI=1S/C19H25N5O2.C2H6/c1-4-5-6-15-23-16-17(24(15)10-9-21-2)13-8-7-12(19(25)26-3)11-14(13)22-18(16)20;1-2/h7-8,11,21H,4-6,9-10H2,1-3H3,(H2,20,22);1-2H3. The monoisotopic (exact) mass is 385 g/mol. The number of ether oxygens (including phenoxy) is 1. The van der Waals surface area contributed by atoms with Crippen molar-refractivity contribution < 1.29 is 9.53 Å². The van der Waals surface area contributed by atoms with Crippen molar-refractivity contribution in [1.82, 2.24) is 19.9 Å². The highest BCUT2D eigenvalue weighted by molar-refractivity contribution is 6.08. The Kier molecular flexibility index (Phi) is 7.75. The van der Waals surface area contributed by atoms with Crippen molar-refractivity contribution in [3.05, 3.63) is 29.6 Å². The highest BCUT2D eigenvalue weighted by atomic mass is 16.5. The smallest absolute Gasteiger partial charge is 0.337 e. The van der Waals surface area contributed by atoms with E-state index in [1.54, 1.807) is 12.1 Å². The number of nitrogens with two attached hydrogens (primary N) is 1. The predicted molar refractivity (Wildman–Crippen MR) is 115 cm³/mol. The SMILES string of the molecule is CC.CCCCc1nc2c(N)nc3cc(C(=O)OC)ccc3c2n1CCNC. The van der Waals surface area contributed by atoms with Crippen LogP contribution in [0.4, 0.5) is 5.82 Å². The van der Waals surface area contributed by atoms with Crippen LogP contribution < -0.4 is 11.1 Å². The average Bonchev–Trinajstić information content (AvgIpc) is 3.10. The summed E-state index contributed by atoms with van der Waals surface area (Å²) in [5.74, 6) is 1.02. The molecule has 3 N–H and O–H groups in total. The van der Waals surface area contributed by atoms with Gasteiger partial charge < -0.3 is 20.4 Å². The number of likely N-dealkylation sites (N-methyl/N-ethyl adjacent to an activating group) is 1. The van der Waals surface area contributed by atoms with Gasteiger partial charge in [0.05, 0.1) is 23.7 Å². The number of rotatable bonds is 7. The molecule has 3 aromatic rings. The number of fused-ring (bicyclic) bond motifs is 3. The van der Waals surface area contributed by atoms with Crippen molar-refractivity contribution in [3.8, 4) is 0 Å². The van der Waals surface area contributed by atoms with Gasteiger partial charge in [0, 0.05) is 24.9 Å². The van der Waals surface area contributed by atoms with Crippen LogP contribution in [-0.2, 0) is 17.7 Å². The Morgan fingerprint density at radius 1 is 1.29 bits per heavy atom. The van der Waals surface area contributed by atoms with Crippen LogP contribution in [0, 0.1) is 0 Å². The molecule has 2 aromatic heterocycles. The molecule has 3 rings (SSSR count). The van der Waals surface area contributed by atoms with Gasteiger partial charge in [-0.05, 0) is 31.7 Å². The van der Waals surface area contributed by atoms with E-state index in [0.29, 0.717) is 16.9 Å². The van der Waals surface area contributed by atoms with Gasteiger partial charge in [0.1, 0.15) is 11.3 Å². The fraction of sp³-hybridized carbons (Fsp3) is 0.476. The molecule has 2 heterocycles. The van der Waals surface area contributed by atoms with Crippen LogP contribution in [-0.4, -0.2) is 41.2 Å². The first kappa shape index (κ1) is 21.6.